The average Bonchev–Trinajstić information content (AvgIpc) is 3.24. The molecule has 3 aromatic rings. The first-order valence-corrected chi connectivity index (χ1v) is 11.0. The molecule has 156 valence electrons. The Morgan fingerprint density at radius 3 is 2.60 bits per heavy atom. The molecule has 4 rings (SSSR count). The van der Waals surface area contributed by atoms with E-state index >= 15 is 0 Å². The molecule has 1 saturated heterocycles. The molecule has 1 fully saturated rings. The van der Waals surface area contributed by atoms with E-state index in [-0.39, 0.29) is 12.1 Å². The number of thiocarbonyl (C=S) groups is 1. The highest BCUT2D eigenvalue weighted by Gasteiger charge is 2.40. The normalized spacial score (nSPS) is 18.6. The summed E-state index contributed by atoms with van der Waals surface area (Å²) in [5.74, 6) is 0. The van der Waals surface area contributed by atoms with Crippen LogP contribution in [0.4, 0.5) is 0 Å². The quantitative estimate of drug-likeness (QED) is 0.562. The van der Waals surface area contributed by atoms with Crippen LogP contribution >= 0.6 is 12.2 Å². The van der Waals surface area contributed by atoms with E-state index in [1.54, 1.807) is 0 Å². The lowest BCUT2D eigenvalue weighted by atomic mass is 9.96. The molecule has 0 amide bonds. The van der Waals surface area contributed by atoms with Crippen LogP contribution in [-0.4, -0.2) is 31.1 Å². The van der Waals surface area contributed by atoms with Crippen molar-refractivity contribution >= 4 is 17.3 Å². The molecule has 2 atom stereocenters. The van der Waals surface area contributed by atoms with Gasteiger partial charge in [-0.1, -0.05) is 19.4 Å². The topological polar surface area (TPSA) is 46.0 Å². The van der Waals surface area contributed by atoms with Crippen LogP contribution in [0.3, 0.4) is 0 Å². The van der Waals surface area contributed by atoms with Gasteiger partial charge < -0.3 is 14.8 Å². The standard InChI is InChI=1S/C24H29N5S/c1-4-5-14-28-23(22(27-24(28)30)21-8-6-7-11-26-21)20-15-17(2)29(18(20)3)16-19-9-12-25-13-10-19/h6-13,15,22-23H,4-5,14,16H2,1-3H3,(H,27,30). The molecule has 1 aliphatic rings. The third kappa shape index (κ3) is 3.97. The van der Waals surface area contributed by atoms with E-state index in [4.69, 9.17) is 12.2 Å². The maximum absolute atomic E-state index is 5.77. The zero-order chi connectivity index (χ0) is 21.1. The lowest BCUT2D eigenvalue weighted by molar-refractivity contribution is 0.311. The summed E-state index contributed by atoms with van der Waals surface area (Å²) < 4.78 is 2.39. The highest BCUT2D eigenvalue weighted by molar-refractivity contribution is 7.80. The van der Waals surface area contributed by atoms with E-state index in [2.05, 4.69) is 69.8 Å². The molecule has 30 heavy (non-hydrogen) atoms. The molecule has 3 aromatic heterocycles. The number of rotatable bonds is 7. The SMILES string of the molecule is CCCCN1C(=S)NC(c2ccccn2)C1c1cc(C)n(Cc2ccncc2)c1C. The number of aryl methyl sites for hydroxylation is 1. The minimum Gasteiger partial charge on any atom is -0.352 e. The Labute approximate surface area is 184 Å². The van der Waals surface area contributed by atoms with Gasteiger partial charge in [-0.05, 0) is 73.9 Å². The van der Waals surface area contributed by atoms with Gasteiger partial charge in [0, 0.05) is 43.1 Å². The van der Waals surface area contributed by atoms with Crippen molar-refractivity contribution in [1.29, 1.82) is 0 Å². The third-order valence-electron chi connectivity index (χ3n) is 5.97. The van der Waals surface area contributed by atoms with E-state index in [0.29, 0.717) is 0 Å². The summed E-state index contributed by atoms with van der Waals surface area (Å²) >= 11 is 5.77. The Morgan fingerprint density at radius 1 is 1.10 bits per heavy atom. The Kier molecular flexibility index (Phi) is 6.13. The summed E-state index contributed by atoms with van der Waals surface area (Å²) in [6, 6.07) is 12.8. The van der Waals surface area contributed by atoms with Crippen LogP contribution in [0.15, 0.2) is 55.0 Å². The summed E-state index contributed by atoms with van der Waals surface area (Å²) in [6.45, 7) is 8.42. The van der Waals surface area contributed by atoms with Crippen LogP contribution in [0, 0.1) is 13.8 Å². The van der Waals surface area contributed by atoms with Gasteiger partial charge in [0.15, 0.2) is 5.11 Å². The highest BCUT2D eigenvalue weighted by atomic mass is 32.1. The minimum absolute atomic E-state index is 0.0467. The average molecular weight is 420 g/mol. The third-order valence-corrected chi connectivity index (χ3v) is 6.32. The molecular formula is C24H29N5S. The van der Waals surface area contributed by atoms with E-state index in [0.717, 1.165) is 36.7 Å². The maximum Gasteiger partial charge on any atom is 0.170 e. The zero-order valence-electron chi connectivity index (χ0n) is 17.9. The van der Waals surface area contributed by atoms with Gasteiger partial charge in [0.05, 0.1) is 17.8 Å². The van der Waals surface area contributed by atoms with Gasteiger partial charge in [0.1, 0.15) is 0 Å². The first kappa shape index (κ1) is 20.5. The number of hydrogen-bond donors (Lipinski definition) is 1. The molecular weight excluding hydrogens is 390 g/mol. The summed E-state index contributed by atoms with van der Waals surface area (Å²) in [5, 5.41) is 4.38. The first-order chi connectivity index (χ1) is 14.6. The molecule has 6 heteroatoms. The highest BCUT2D eigenvalue weighted by Crippen LogP contribution is 2.41. The molecule has 2 unspecified atom stereocenters. The van der Waals surface area contributed by atoms with Crippen LogP contribution in [0.5, 0.6) is 0 Å². The lowest BCUT2D eigenvalue weighted by Crippen LogP contribution is -2.30. The molecule has 1 aliphatic heterocycles. The summed E-state index contributed by atoms with van der Waals surface area (Å²) in [4.78, 5) is 11.2. The summed E-state index contributed by atoms with van der Waals surface area (Å²) in [6.07, 6.45) is 7.82. The first-order valence-electron chi connectivity index (χ1n) is 10.6. The predicted octanol–water partition coefficient (Wildman–Crippen LogP) is 4.72. The van der Waals surface area contributed by atoms with Gasteiger partial charge in [0.2, 0.25) is 0 Å². The van der Waals surface area contributed by atoms with E-state index in [9.17, 15) is 0 Å². The maximum atomic E-state index is 5.77. The lowest BCUT2D eigenvalue weighted by Gasteiger charge is -2.28. The zero-order valence-corrected chi connectivity index (χ0v) is 18.7. The molecule has 1 N–H and O–H groups in total. The Morgan fingerprint density at radius 2 is 1.90 bits per heavy atom. The van der Waals surface area contributed by atoms with Crippen LogP contribution in [0.2, 0.25) is 0 Å². The Hall–Kier alpha value is -2.73. The van der Waals surface area contributed by atoms with Gasteiger partial charge in [-0.2, -0.15) is 0 Å². The van der Waals surface area contributed by atoms with Crippen molar-refractivity contribution in [2.24, 2.45) is 0 Å². The second-order valence-corrected chi connectivity index (χ2v) is 8.33. The van der Waals surface area contributed by atoms with Crippen molar-refractivity contribution in [2.45, 2.75) is 52.2 Å². The van der Waals surface area contributed by atoms with Gasteiger partial charge in [-0.3, -0.25) is 9.97 Å². The smallest absolute Gasteiger partial charge is 0.170 e. The van der Waals surface area contributed by atoms with Gasteiger partial charge in [-0.25, -0.2) is 0 Å². The number of unbranched alkanes of at least 4 members (excludes halogenated alkanes) is 1. The van der Waals surface area contributed by atoms with Crippen LogP contribution in [-0.2, 0) is 6.54 Å². The molecule has 0 radical (unpaired) electrons. The van der Waals surface area contributed by atoms with Gasteiger partial charge >= 0.3 is 0 Å². The summed E-state index contributed by atoms with van der Waals surface area (Å²) in [7, 11) is 0. The second kappa shape index (κ2) is 8.96. The Bertz CT molecular complexity index is 999. The van der Waals surface area contributed by atoms with Crippen molar-refractivity contribution in [2.75, 3.05) is 6.54 Å². The molecule has 0 aliphatic carbocycles. The van der Waals surface area contributed by atoms with Crippen molar-refractivity contribution in [3.63, 3.8) is 0 Å². The Balaban J connectivity index is 1.74. The fourth-order valence-corrected chi connectivity index (χ4v) is 4.69. The van der Waals surface area contributed by atoms with Gasteiger partial charge in [-0.15, -0.1) is 0 Å². The van der Waals surface area contributed by atoms with Crippen molar-refractivity contribution < 1.29 is 0 Å². The van der Waals surface area contributed by atoms with E-state index in [1.807, 2.05) is 30.7 Å². The fraction of sp³-hybridized carbons (Fsp3) is 0.375. The summed E-state index contributed by atoms with van der Waals surface area (Å²) in [5.41, 5.74) is 6.14. The number of hydrogen-bond acceptors (Lipinski definition) is 3. The van der Waals surface area contributed by atoms with Crippen LogP contribution < -0.4 is 5.32 Å². The molecule has 0 spiro atoms. The number of pyridine rings is 2. The fourth-order valence-electron chi connectivity index (χ4n) is 4.35. The molecule has 0 saturated carbocycles. The van der Waals surface area contributed by atoms with Crippen molar-refractivity contribution in [3.8, 4) is 0 Å². The molecule has 0 aromatic carbocycles. The number of aromatic nitrogens is 3. The van der Waals surface area contributed by atoms with E-state index in [1.165, 1.54) is 22.5 Å². The molecule has 4 heterocycles. The number of nitrogens with one attached hydrogen (secondary N) is 1. The molecule has 0 bridgehead atoms. The van der Waals surface area contributed by atoms with Crippen LogP contribution in [0.25, 0.3) is 0 Å². The monoisotopic (exact) mass is 419 g/mol. The second-order valence-electron chi connectivity index (χ2n) is 7.94. The van der Waals surface area contributed by atoms with Crippen LogP contribution in [0.1, 0.15) is 60.1 Å². The predicted molar refractivity (Wildman–Crippen MR) is 124 cm³/mol. The minimum atomic E-state index is 0.0467. The largest absolute Gasteiger partial charge is 0.352 e. The van der Waals surface area contributed by atoms with Gasteiger partial charge in [0.25, 0.3) is 0 Å². The van der Waals surface area contributed by atoms with Crippen molar-refractivity contribution in [3.05, 3.63) is 83.2 Å². The van der Waals surface area contributed by atoms with Crippen molar-refractivity contribution in [1.82, 2.24) is 24.8 Å². The molecule has 5 nitrogen and oxygen atoms in total. The van der Waals surface area contributed by atoms with E-state index < -0.39 is 0 Å². The number of nitrogens with zero attached hydrogens (tertiary/aromatic N) is 4.